The topological polar surface area (TPSA) is 90.4 Å². The third kappa shape index (κ3) is 3.09. The number of ketones is 1. The Balaban J connectivity index is 1.77. The lowest BCUT2D eigenvalue weighted by molar-refractivity contribution is -0.110. The molecule has 0 saturated carbocycles. The maximum atomic E-state index is 12.3. The van der Waals surface area contributed by atoms with Crippen LogP contribution in [-0.4, -0.2) is 20.4 Å². The highest BCUT2D eigenvalue weighted by atomic mass is 32.1. The van der Waals surface area contributed by atoms with Crippen LogP contribution in [0.25, 0.3) is 11.0 Å². The van der Waals surface area contributed by atoms with Crippen LogP contribution >= 0.6 is 22.7 Å². The maximum Gasteiger partial charge on any atom is 0.283 e. The summed E-state index contributed by atoms with van der Waals surface area (Å²) in [6.45, 7) is 0. The van der Waals surface area contributed by atoms with Crippen LogP contribution in [0.3, 0.4) is 0 Å². The summed E-state index contributed by atoms with van der Waals surface area (Å²) in [5, 5.41) is 7.34. The number of nitrogen functional groups attached to an aromatic ring is 1. The molecule has 0 saturated heterocycles. The van der Waals surface area contributed by atoms with Gasteiger partial charge in [-0.25, -0.2) is 0 Å². The summed E-state index contributed by atoms with van der Waals surface area (Å²) < 4.78 is 1.50. The first-order valence-corrected chi connectivity index (χ1v) is 9.12. The molecule has 0 bridgehead atoms. The van der Waals surface area contributed by atoms with Crippen molar-refractivity contribution in [3.05, 3.63) is 73.2 Å². The van der Waals surface area contributed by atoms with E-state index in [4.69, 9.17) is 5.73 Å². The van der Waals surface area contributed by atoms with Crippen molar-refractivity contribution in [2.24, 2.45) is 0 Å². The van der Waals surface area contributed by atoms with Crippen molar-refractivity contribution >= 4 is 45.3 Å². The Kier molecular flexibility index (Phi) is 3.90. The highest BCUT2D eigenvalue weighted by Crippen LogP contribution is 2.22. The second-order valence-electron chi connectivity index (χ2n) is 5.38. The summed E-state index contributed by atoms with van der Waals surface area (Å²) in [5.41, 5.74) is 6.73. The summed E-state index contributed by atoms with van der Waals surface area (Å²) in [4.78, 5) is 29.3. The van der Waals surface area contributed by atoms with Crippen LogP contribution in [0.15, 0.2) is 52.2 Å². The van der Waals surface area contributed by atoms with Gasteiger partial charge in [0.2, 0.25) is 4.96 Å². The molecule has 8 heteroatoms. The molecule has 0 spiro atoms. The fourth-order valence-corrected chi connectivity index (χ4v) is 4.14. The third-order valence-electron chi connectivity index (χ3n) is 3.63. The van der Waals surface area contributed by atoms with E-state index in [-0.39, 0.29) is 17.2 Å². The predicted octanol–water partition coefficient (Wildman–Crippen LogP) is 2.46. The number of hydrogen-bond acceptors (Lipinski definition) is 7. The van der Waals surface area contributed by atoms with Crippen LogP contribution in [0.4, 0.5) is 5.82 Å². The molecule has 0 atom stereocenters. The van der Waals surface area contributed by atoms with E-state index in [1.807, 2.05) is 17.5 Å². The van der Waals surface area contributed by atoms with Gasteiger partial charge in [-0.05, 0) is 35.2 Å². The zero-order chi connectivity index (χ0) is 17.4. The van der Waals surface area contributed by atoms with E-state index < -0.39 is 5.56 Å². The van der Waals surface area contributed by atoms with E-state index in [9.17, 15) is 9.59 Å². The Labute approximate surface area is 150 Å². The third-order valence-corrected chi connectivity index (χ3v) is 5.42. The molecule has 2 N–H and O–H groups in total. The van der Waals surface area contributed by atoms with Gasteiger partial charge in [0.15, 0.2) is 5.78 Å². The molecule has 6 nitrogen and oxygen atoms in total. The van der Waals surface area contributed by atoms with Crippen molar-refractivity contribution in [2.45, 2.75) is 6.42 Å². The molecule has 0 radical (unpaired) electrons. The van der Waals surface area contributed by atoms with E-state index >= 15 is 0 Å². The molecular formula is C17H12N4O2S2. The van der Waals surface area contributed by atoms with Crippen molar-refractivity contribution in [1.82, 2.24) is 14.6 Å². The number of nitrogens with zero attached hydrogens (tertiary/aromatic N) is 3. The van der Waals surface area contributed by atoms with Crippen LogP contribution in [-0.2, 0) is 11.2 Å². The molecule has 4 rings (SSSR count). The van der Waals surface area contributed by atoms with Crippen LogP contribution in [0.1, 0.15) is 15.4 Å². The minimum atomic E-state index is -0.407. The van der Waals surface area contributed by atoms with Crippen molar-refractivity contribution in [3.8, 4) is 0 Å². The molecule has 0 aliphatic heterocycles. The number of aromatic nitrogens is 3. The normalized spacial score (nSPS) is 13.8. The number of thiophene rings is 1. The first kappa shape index (κ1) is 15.7. The average molecular weight is 368 g/mol. The molecule has 3 heterocycles. The Morgan fingerprint density at radius 2 is 2.00 bits per heavy atom. The molecule has 1 aliphatic carbocycles. The molecule has 0 aromatic carbocycles. The highest BCUT2D eigenvalue weighted by Gasteiger charge is 2.14. The molecule has 3 aromatic rings. The second kappa shape index (κ2) is 6.23. The van der Waals surface area contributed by atoms with Gasteiger partial charge >= 0.3 is 0 Å². The Bertz CT molecular complexity index is 1100. The van der Waals surface area contributed by atoms with Gasteiger partial charge in [0.05, 0.1) is 5.56 Å². The first-order chi connectivity index (χ1) is 12.1. The van der Waals surface area contributed by atoms with E-state index in [0.29, 0.717) is 17.0 Å². The number of nitrogens with two attached hydrogens (primary N) is 1. The van der Waals surface area contributed by atoms with Gasteiger partial charge in [-0.3, -0.25) is 9.59 Å². The predicted molar refractivity (Wildman–Crippen MR) is 99.9 cm³/mol. The Morgan fingerprint density at radius 1 is 1.20 bits per heavy atom. The monoisotopic (exact) mass is 368 g/mol. The molecule has 0 fully saturated rings. The van der Waals surface area contributed by atoms with Gasteiger partial charge in [0.1, 0.15) is 10.8 Å². The van der Waals surface area contributed by atoms with Gasteiger partial charge in [-0.2, -0.15) is 14.6 Å². The minimum absolute atomic E-state index is 0.0897. The van der Waals surface area contributed by atoms with Crippen LogP contribution in [0.5, 0.6) is 0 Å². The lowest BCUT2D eigenvalue weighted by atomic mass is 10.1. The Morgan fingerprint density at radius 3 is 2.72 bits per heavy atom. The molecular weight excluding hydrogens is 356 g/mol. The molecule has 124 valence electrons. The first-order valence-electron chi connectivity index (χ1n) is 7.42. The largest absolute Gasteiger partial charge is 0.383 e. The zero-order valence-electron chi connectivity index (χ0n) is 12.9. The molecule has 1 aliphatic rings. The number of rotatable bonds is 3. The molecule has 3 aromatic heterocycles. The number of hydrogen-bond donors (Lipinski definition) is 1. The fourth-order valence-electron chi connectivity index (χ4n) is 2.42. The van der Waals surface area contributed by atoms with Crippen LogP contribution < -0.4 is 11.3 Å². The quantitative estimate of drug-likeness (QED) is 0.767. The smallest absolute Gasteiger partial charge is 0.283 e. The zero-order valence-corrected chi connectivity index (χ0v) is 14.5. The SMILES string of the molecule is Nc1c(C=C2C=CC(=O)C=C2)c(=O)nc2sc(Cc3cccs3)nn12. The highest BCUT2D eigenvalue weighted by molar-refractivity contribution is 7.17. The van der Waals surface area contributed by atoms with Gasteiger partial charge in [0, 0.05) is 11.3 Å². The summed E-state index contributed by atoms with van der Waals surface area (Å²) in [7, 11) is 0. The van der Waals surface area contributed by atoms with Gasteiger partial charge in [-0.15, -0.1) is 11.3 Å². The lowest BCUT2D eigenvalue weighted by Crippen LogP contribution is -2.16. The van der Waals surface area contributed by atoms with Crippen molar-refractivity contribution in [1.29, 1.82) is 0 Å². The van der Waals surface area contributed by atoms with E-state index in [1.54, 1.807) is 29.6 Å². The minimum Gasteiger partial charge on any atom is -0.383 e. The van der Waals surface area contributed by atoms with Crippen molar-refractivity contribution in [2.75, 3.05) is 5.73 Å². The maximum absolute atomic E-state index is 12.3. The van der Waals surface area contributed by atoms with Gasteiger partial charge in [-0.1, -0.05) is 29.6 Å². The van der Waals surface area contributed by atoms with E-state index in [0.717, 1.165) is 5.01 Å². The average Bonchev–Trinajstić information content (AvgIpc) is 3.23. The second-order valence-corrected chi connectivity index (χ2v) is 7.45. The van der Waals surface area contributed by atoms with Gasteiger partial charge < -0.3 is 5.73 Å². The summed E-state index contributed by atoms with van der Waals surface area (Å²) in [5.74, 6) is 0.156. The summed E-state index contributed by atoms with van der Waals surface area (Å²) >= 11 is 3.01. The summed E-state index contributed by atoms with van der Waals surface area (Å²) in [6, 6.07) is 4.03. The number of fused-ring (bicyclic) bond motifs is 1. The van der Waals surface area contributed by atoms with Crippen LogP contribution in [0.2, 0.25) is 0 Å². The number of carbonyl (C=O) groups is 1. The van der Waals surface area contributed by atoms with Gasteiger partial charge in [0.25, 0.3) is 5.56 Å². The van der Waals surface area contributed by atoms with Crippen molar-refractivity contribution < 1.29 is 4.79 Å². The van der Waals surface area contributed by atoms with E-state index in [1.165, 1.54) is 32.9 Å². The number of anilines is 1. The van der Waals surface area contributed by atoms with Crippen molar-refractivity contribution in [3.63, 3.8) is 0 Å². The molecule has 0 unspecified atom stereocenters. The number of carbonyl (C=O) groups excluding carboxylic acids is 1. The molecule has 0 amide bonds. The molecule has 25 heavy (non-hydrogen) atoms. The van der Waals surface area contributed by atoms with Crippen LogP contribution in [0, 0.1) is 0 Å². The lowest BCUT2D eigenvalue weighted by Gasteiger charge is -2.03. The number of allylic oxidation sites excluding steroid dienone is 5. The standard InChI is InChI=1S/C17H12N4O2S2/c18-15-13(8-10-3-5-11(22)6-4-10)16(23)19-17-21(15)20-14(25-17)9-12-2-1-7-24-12/h1-8H,9,18H2. The Hall–Kier alpha value is -2.84. The summed E-state index contributed by atoms with van der Waals surface area (Å²) in [6.07, 6.45) is 8.46. The fraction of sp³-hybridized carbons (Fsp3) is 0.0588. The van der Waals surface area contributed by atoms with E-state index in [2.05, 4.69) is 10.1 Å².